The topological polar surface area (TPSA) is 43.4 Å². The molecule has 0 bridgehead atoms. The zero-order valence-corrected chi connectivity index (χ0v) is 11.0. The van der Waals surface area contributed by atoms with Gasteiger partial charge in [0.15, 0.2) is 5.78 Å². The molecule has 0 radical (unpaired) electrons. The molecule has 0 aliphatic heterocycles. The summed E-state index contributed by atoms with van der Waals surface area (Å²) in [5, 5.41) is 0.581. The lowest BCUT2D eigenvalue weighted by Gasteiger charge is -2.03. The van der Waals surface area contributed by atoms with Gasteiger partial charge in [-0.05, 0) is 36.4 Å². The number of rotatable bonds is 3. The minimum atomic E-state index is -0.425. The van der Waals surface area contributed by atoms with Crippen LogP contribution in [0.5, 0.6) is 0 Å². The Labute approximate surface area is 115 Å². The van der Waals surface area contributed by atoms with E-state index in [0.717, 1.165) is 0 Å². The molecule has 0 amide bonds. The van der Waals surface area contributed by atoms with Gasteiger partial charge >= 0.3 is 5.97 Å². The molecule has 2 aromatic rings. The van der Waals surface area contributed by atoms with Crippen molar-refractivity contribution in [2.45, 2.75) is 0 Å². The van der Waals surface area contributed by atoms with E-state index in [0.29, 0.717) is 21.7 Å². The number of ether oxygens (including phenoxy) is 1. The van der Waals surface area contributed by atoms with Gasteiger partial charge in [0.1, 0.15) is 0 Å². The molecule has 0 N–H and O–H groups in total. The predicted octanol–water partition coefficient (Wildman–Crippen LogP) is 3.36. The largest absolute Gasteiger partial charge is 0.465 e. The molecule has 2 aromatic carbocycles. The van der Waals surface area contributed by atoms with Crippen LogP contribution in [0.3, 0.4) is 0 Å². The molecule has 0 saturated carbocycles. The number of methoxy groups -OCH3 is 1. The van der Waals surface area contributed by atoms with Crippen molar-refractivity contribution in [2.75, 3.05) is 7.11 Å². The summed E-state index contributed by atoms with van der Waals surface area (Å²) in [6.07, 6.45) is 0. The maximum atomic E-state index is 12.1. The van der Waals surface area contributed by atoms with Crippen LogP contribution >= 0.6 is 11.6 Å². The molecule has 0 atom stereocenters. The monoisotopic (exact) mass is 274 g/mol. The molecule has 4 heteroatoms. The van der Waals surface area contributed by atoms with Gasteiger partial charge in [-0.2, -0.15) is 0 Å². The lowest BCUT2D eigenvalue weighted by atomic mass is 10.0. The van der Waals surface area contributed by atoms with E-state index in [-0.39, 0.29) is 5.78 Å². The third kappa shape index (κ3) is 3.01. The number of hydrogen-bond donors (Lipinski definition) is 0. The second kappa shape index (κ2) is 5.67. The van der Waals surface area contributed by atoms with Crippen LogP contribution in [-0.2, 0) is 4.74 Å². The van der Waals surface area contributed by atoms with Gasteiger partial charge in [-0.1, -0.05) is 23.7 Å². The summed E-state index contributed by atoms with van der Waals surface area (Å²) in [5.41, 5.74) is 1.47. The Hall–Kier alpha value is -2.13. The highest BCUT2D eigenvalue weighted by molar-refractivity contribution is 6.30. The van der Waals surface area contributed by atoms with E-state index in [1.807, 2.05) is 0 Å². The van der Waals surface area contributed by atoms with Crippen molar-refractivity contribution in [3.8, 4) is 0 Å². The number of carbonyl (C=O) groups excluding carboxylic acids is 2. The Morgan fingerprint density at radius 3 is 1.74 bits per heavy atom. The van der Waals surface area contributed by atoms with Gasteiger partial charge in [0.05, 0.1) is 12.7 Å². The average molecular weight is 275 g/mol. The van der Waals surface area contributed by atoms with Crippen LogP contribution in [0.1, 0.15) is 26.3 Å². The van der Waals surface area contributed by atoms with Crippen LogP contribution < -0.4 is 0 Å². The molecule has 19 heavy (non-hydrogen) atoms. The number of ketones is 1. The van der Waals surface area contributed by atoms with Crippen molar-refractivity contribution < 1.29 is 14.3 Å². The highest BCUT2D eigenvalue weighted by Crippen LogP contribution is 2.14. The third-order valence-corrected chi connectivity index (χ3v) is 2.93. The molecule has 96 valence electrons. The molecule has 0 aliphatic rings. The number of hydrogen-bond acceptors (Lipinski definition) is 3. The lowest BCUT2D eigenvalue weighted by molar-refractivity contribution is 0.0600. The first kappa shape index (κ1) is 13.3. The molecule has 0 aromatic heterocycles. The minimum Gasteiger partial charge on any atom is -0.465 e. The summed E-state index contributed by atoms with van der Waals surface area (Å²) in [6, 6.07) is 13.0. The molecule has 0 spiro atoms. The number of esters is 1. The van der Waals surface area contributed by atoms with Crippen molar-refractivity contribution in [3.05, 3.63) is 70.2 Å². The Kier molecular flexibility index (Phi) is 3.97. The van der Waals surface area contributed by atoms with E-state index < -0.39 is 5.97 Å². The van der Waals surface area contributed by atoms with Crippen LogP contribution in [0.25, 0.3) is 0 Å². The van der Waals surface area contributed by atoms with Crippen molar-refractivity contribution in [2.24, 2.45) is 0 Å². The van der Waals surface area contributed by atoms with E-state index in [4.69, 9.17) is 11.6 Å². The van der Waals surface area contributed by atoms with E-state index in [1.54, 1.807) is 48.5 Å². The second-order valence-corrected chi connectivity index (χ2v) is 4.34. The molecule has 0 aliphatic carbocycles. The summed E-state index contributed by atoms with van der Waals surface area (Å²) < 4.78 is 4.60. The van der Waals surface area contributed by atoms with E-state index in [2.05, 4.69) is 4.74 Å². The van der Waals surface area contributed by atoms with Gasteiger partial charge in [0.2, 0.25) is 0 Å². The molecular weight excluding hydrogens is 264 g/mol. The SMILES string of the molecule is COC(=O)c1ccc(C(=O)c2ccc(Cl)cc2)cc1. The Balaban J connectivity index is 2.25. The lowest BCUT2D eigenvalue weighted by Crippen LogP contribution is -2.04. The standard InChI is InChI=1S/C15H11ClO3/c1-19-15(18)12-4-2-10(3-5-12)14(17)11-6-8-13(16)9-7-11/h2-9H,1H3. The van der Waals surface area contributed by atoms with Gasteiger partial charge in [-0.15, -0.1) is 0 Å². The zero-order chi connectivity index (χ0) is 13.8. The van der Waals surface area contributed by atoms with Gasteiger partial charge in [0, 0.05) is 16.1 Å². The minimum absolute atomic E-state index is 0.118. The van der Waals surface area contributed by atoms with Crippen molar-refractivity contribution in [3.63, 3.8) is 0 Å². The molecule has 0 fully saturated rings. The van der Waals surface area contributed by atoms with E-state index in [9.17, 15) is 9.59 Å². The Bertz CT molecular complexity index is 600. The van der Waals surface area contributed by atoms with Crippen LogP contribution in [0, 0.1) is 0 Å². The third-order valence-electron chi connectivity index (χ3n) is 2.67. The highest BCUT2D eigenvalue weighted by Gasteiger charge is 2.10. The Morgan fingerprint density at radius 2 is 1.26 bits per heavy atom. The highest BCUT2D eigenvalue weighted by atomic mass is 35.5. The van der Waals surface area contributed by atoms with Crippen molar-refractivity contribution in [1.82, 2.24) is 0 Å². The normalized spacial score (nSPS) is 10.0. The summed E-state index contributed by atoms with van der Waals surface area (Å²) in [5.74, 6) is -0.543. The fraction of sp³-hybridized carbons (Fsp3) is 0.0667. The van der Waals surface area contributed by atoms with E-state index >= 15 is 0 Å². The van der Waals surface area contributed by atoms with Crippen LogP contribution in [0.2, 0.25) is 5.02 Å². The van der Waals surface area contributed by atoms with Crippen LogP contribution in [0.15, 0.2) is 48.5 Å². The molecule has 2 rings (SSSR count). The van der Waals surface area contributed by atoms with Gasteiger partial charge in [-0.3, -0.25) is 4.79 Å². The molecular formula is C15H11ClO3. The Morgan fingerprint density at radius 1 is 0.842 bits per heavy atom. The number of halogens is 1. The maximum absolute atomic E-state index is 12.1. The average Bonchev–Trinajstić information content (AvgIpc) is 2.46. The molecule has 3 nitrogen and oxygen atoms in total. The first-order valence-electron chi connectivity index (χ1n) is 5.60. The molecule has 0 unspecified atom stereocenters. The second-order valence-electron chi connectivity index (χ2n) is 3.90. The van der Waals surface area contributed by atoms with Gasteiger partial charge < -0.3 is 4.74 Å². The summed E-state index contributed by atoms with van der Waals surface area (Å²) >= 11 is 5.77. The van der Waals surface area contributed by atoms with Crippen LogP contribution in [-0.4, -0.2) is 18.9 Å². The fourth-order valence-corrected chi connectivity index (χ4v) is 1.77. The van der Waals surface area contributed by atoms with Crippen LogP contribution in [0.4, 0.5) is 0 Å². The van der Waals surface area contributed by atoms with Gasteiger partial charge in [0.25, 0.3) is 0 Å². The predicted molar refractivity (Wildman–Crippen MR) is 72.7 cm³/mol. The number of carbonyl (C=O) groups is 2. The zero-order valence-electron chi connectivity index (χ0n) is 10.2. The molecule has 0 saturated heterocycles. The van der Waals surface area contributed by atoms with Crippen molar-refractivity contribution >= 4 is 23.4 Å². The smallest absolute Gasteiger partial charge is 0.337 e. The quantitative estimate of drug-likeness (QED) is 0.637. The first-order chi connectivity index (χ1) is 9.11. The number of benzene rings is 2. The summed E-state index contributed by atoms with van der Waals surface area (Å²) in [4.78, 5) is 23.4. The van der Waals surface area contributed by atoms with E-state index in [1.165, 1.54) is 7.11 Å². The van der Waals surface area contributed by atoms with Gasteiger partial charge in [-0.25, -0.2) is 4.79 Å². The maximum Gasteiger partial charge on any atom is 0.337 e. The summed E-state index contributed by atoms with van der Waals surface area (Å²) in [6.45, 7) is 0. The molecule has 0 heterocycles. The first-order valence-corrected chi connectivity index (χ1v) is 5.98. The fourth-order valence-electron chi connectivity index (χ4n) is 1.64. The summed E-state index contributed by atoms with van der Waals surface area (Å²) in [7, 11) is 1.31. The van der Waals surface area contributed by atoms with Crippen molar-refractivity contribution in [1.29, 1.82) is 0 Å².